The molecule has 116 valence electrons. The SMILES string of the molecule is CCNCc1coc(CN(CCOC)C(C)COC)c1. The second-order valence-electron chi connectivity index (χ2n) is 4.97. The Bertz CT molecular complexity index is 355. The van der Waals surface area contributed by atoms with Gasteiger partial charge in [-0.2, -0.15) is 0 Å². The van der Waals surface area contributed by atoms with Gasteiger partial charge >= 0.3 is 0 Å². The molecule has 0 aromatic carbocycles. The molecule has 1 heterocycles. The molecule has 5 nitrogen and oxygen atoms in total. The second-order valence-corrected chi connectivity index (χ2v) is 4.97. The first kappa shape index (κ1) is 17.2. The molecule has 0 amide bonds. The molecular weight excluding hydrogens is 256 g/mol. The third-order valence-corrected chi connectivity index (χ3v) is 3.26. The molecule has 5 heteroatoms. The maximum Gasteiger partial charge on any atom is 0.118 e. The van der Waals surface area contributed by atoms with Crippen LogP contribution in [0.3, 0.4) is 0 Å². The van der Waals surface area contributed by atoms with Crippen molar-refractivity contribution in [2.45, 2.75) is 33.0 Å². The van der Waals surface area contributed by atoms with Crippen molar-refractivity contribution in [3.63, 3.8) is 0 Å². The zero-order valence-electron chi connectivity index (χ0n) is 13.1. The van der Waals surface area contributed by atoms with E-state index in [1.54, 1.807) is 14.2 Å². The predicted molar refractivity (Wildman–Crippen MR) is 79.7 cm³/mol. The van der Waals surface area contributed by atoms with Crippen LogP contribution in [0.2, 0.25) is 0 Å². The molecule has 1 aromatic heterocycles. The average molecular weight is 284 g/mol. The number of hydrogen-bond donors (Lipinski definition) is 1. The molecule has 0 saturated carbocycles. The fourth-order valence-electron chi connectivity index (χ4n) is 2.08. The van der Waals surface area contributed by atoms with Crippen LogP contribution in [-0.4, -0.2) is 51.5 Å². The molecule has 0 spiro atoms. The minimum absolute atomic E-state index is 0.331. The molecule has 0 aliphatic carbocycles. The topological polar surface area (TPSA) is 46.9 Å². The summed E-state index contributed by atoms with van der Waals surface area (Å²) in [5, 5.41) is 3.29. The Kier molecular flexibility index (Phi) is 8.53. The van der Waals surface area contributed by atoms with Gasteiger partial charge < -0.3 is 19.2 Å². The van der Waals surface area contributed by atoms with E-state index in [0.717, 1.165) is 31.9 Å². The van der Waals surface area contributed by atoms with Gasteiger partial charge in [-0.1, -0.05) is 6.92 Å². The quantitative estimate of drug-likeness (QED) is 0.672. The Morgan fingerprint density at radius 3 is 2.80 bits per heavy atom. The van der Waals surface area contributed by atoms with Gasteiger partial charge in [-0.05, 0) is 19.5 Å². The van der Waals surface area contributed by atoms with Gasteiger partial charge in [0.2, 0.25) is 0 Å². The van der Waals surface area contributed by atoms with Gasteiger partial charge in [0.25, 0.3) is 0 Å². The van der Waals surface area contributed by atoms with Gasteiger partial charge in [-0.3, -0.25) is 4.90 Å². The maximum absolute atomic E-state index is 5.64. The highest BCUT2D eigenvalue weighted by Crippen LogP contribution is 2.13. The molecule has 0 fully saturated rings. The van der Waals surface area contributed by atoms with Crippen molar-refractivity contribution in [3.8, 4) is 0 Å². The molecule has 0 aliphatic rings. The van der Waals surface area contributed by atoms with Crippen LogP contribution in [0.25, 0.3) is 0 Å². The first-order valence-corrected chi connectivity index (χ1v) is 7.20. The van der Waals surface area contributed by atoms with Crippen molar-refractivity contribution < 1.29 is 13.9 Å². The Balaban J connectivity index is 2.56. The maximum atomic E-state index is 5.64. The highest BCUT2D eigenvalue weighted by molar-refractivity contribution is 5.12. The van der Waals surface area contributed by atoms with Crippen molar-refractivity contribution in [1.82, 2.24) is 10.2 Å². The van der Waals surface area contributed by atoms with E-state index in [4.69, 9.17) is 13.9 Å². The van der Waals surface area contributed by atoms with Gasteiger partial charge in [0.1, 0.15) is 5.76 Å². The first-order chi connectivity index (χ1) is 9.71. The van der Waals surface area contributed by atoms with E-state index < -0.39 is 0 Å². The summed E-state index contributed by atoms with van der Waals surface area (Å²) in [6.07, 6.45) is 1.83. The summed E-state index contributed by atoms with van der Waals surface area (Å²) in [4.78, 5) is 2.31. The van der Waals surface area contributed by atoms with E-state index in [-0.39, 0.29) is 0 Å². The minimum atomic E-state index is 0.331. The third-order valence-electron chi connectivity index (χ3n) is 3.26. The molecule has 1 rings (SSSR count). The summed E-state index contributed by atoms with van der Waals surface area (Å²) in [7, 11) is 3.45. The molecular formula is C15H28N2O3. The number of hydrogen-bond acceptors (Lipinski definition) is 5. The smallest absolute Gasteiger partial charge is 0.118 e. The summed E-state index contributed by atoms with van der Waals surface area (Å²) in [5.74, 6) is 0.983. The fraction of sp³-hybridized carbons (Fsp3) is 0.733. The van der Waals surface area contributed by atoms with Crippen LogP contribution in [0, 0.1) is 0 Å². The standard InChI is InChI=1S/C15H28N2O3/c1-5-16-9-14-8-15(20-12-14)10-17(6-7-18-3)13(2)11-19-4/h8,12-13,16H,5-7,9-11H2,1-4H3. The van der Waals surface area contributed by atoms with Crippen LogP contribution >= 0.6 is 0 Å². The number of nitrogens with one attached hydrogen (secondary N) is 1. The summed E-state index contributed by atoms with van der Waals surface area (Å²) < 4.78 is 16.0. The van der Waals surface area contributed by atoms with Gasteiger partial charge in [-0.25, -0.2) is 0 Å². The second kappa shape index (κ2) is 9.94. The van der Waals surface area contributed by atoms with Crippen molar-refractivity contribution >= 4 is 0 Å². The molecule has 1 atom stereocenters. The fourth-order valence-corrected chi connectivity index (χ4v) is 2.08. The summed E-state index contributed by atoms with van der Waals surface area (Å²) in [5.41, 5.74) is 1.19. The summed E-state index contributed by atoms with van der Waals surface area (Å²) in [6, 6.07) is 2.44. The number of furan rings is 1. The van der Waals surface area contributed by atoms with Crippen molar-refractivity contribution in [2.75, 3.05) is 40.5 Å². The van der Waals surface area contributed by atoms with Gasteiger partial charge in [0, 0.05) is 38.9 Å². The molecule has 1 N–H and O–H groups in total. The van der Waals surface area contributed by atoms with Crippen LogP contribution in [-0.2, 0) is 22.6 Å². The van der Waals surface area contributed by atoms with Crippen LogP contribution in [0.4, 0.5) is 0 Å². The zero-order valence-corrected chi connectivity index (χ0v) is 13.1. The Morgan fingerprint density at radius 2 is 2.15 bits per heavy atom. The average Bonchev–Trinajstić information content (AvgIpc) is 2.89. The van der Waals surface area contributed by atoms with Gasteiger partial charge in [0.05, 0.1) is 26.0 Å². The molecule has 0 aliphatic heterocycles. The molecule has 20 heavy (non-hydrogen) atoms. The van der Waals surface area contributed by atoms with Crippen molar-refractivity contribution in [2.24, 2.45) is 0 Å². The number of ether oxygens (including phenoxy) is 2. The largest absolute Gasteiger partial charge is 0.468 e. The lowest BCUT2D eigenvalue weighted by atomic mass is 10.2. The number of rotatable bonds is 11. The Labute approximate surface area is 122 Å². The van der Waals surface area contributed by atoms with E-state index in [0.29, 0.717) is 19.3 Å². The van der Waals surface area contributed by atoms with Crippen molar-refractivity contribution in [3.05, 3.63) is 23.7 Å². The van der Waals surface area contributed by atoms with Gasteiger partial charge in [0.15, 0.2) is 0 Å². The molecule has 0 radical (unpaired) electrons. The van der Waals surface area contributed by atoms with Crippen LogP contribution in [0.15, 0.2) is 16.7 Å². The highest BCUT2D eigenvalue weighted by Gasteiger charge is 2.15. The number of methoxy groups -OCH3 is 2. The highest BCUT2D eigenvalue weighted by atomic mass is 16.5. The predicted octanol–water partition coefficient (Wildman–Crippen LogP) is 1.87. The minimum Gasteiger partial charge on any atom is -0.468 e. The van der Waals surface area contributed by atoms with Gasteiger partial charge in [-0.15, -0.1) is 0 Å². The third kappa shape index (κ3) is 6.05. The van der Waals surface area contributed by atoms with Crippen LogP contribution in [0.5, 0.6) is 0 Å². The van der Waals surface area contributed by atoms with E-state index in [1.807, 2.05) is 6.26 Å². The summed E-state index contributed by atoms with van der Waals surface area (Å²) >= 11 is 0. The van der Waals surface area contributed by atoms with E-state index in [2.05, 4.69) is 30.1 Å². The molecule has 1 aromatic rings. The lowest BCUT2D eigenvalue weighted by Gasteiger charge is -2.27. The Hall–Kier alpha value is -0.880. The van der Waals surface area contributed by atoms with E-state index in [1.165, 1.54) is 5.56 Å². The van der Waals surface area contributed by atoms with Crippen molar-refractivity contribution in [1.29, 1.82) is 0 Å². The summed E-state index contributed by atoms with van der Waals surface area (Å²) in [6.45, 7) is 9.12. The normalized spacial score (nSPS) is 13.1. The lowest BCUT2D eigenvalue weighted by molar-refractivity contribution is 0.0664. The monoisotopic (exact) mass is 284 g/mol. The molecule has 0 bridgehead atoms. The zero-order chi connectivity index (χ0) is 14.8. The van der Waals surface area contributed by atoms with E-state index >= 15 is 0 Å². The van der Waals surface area contributed by atoms with E-state index in [9.17, 15) is 0 Å². The first-order valence-electron chi connectivity index (χ1n) is 7.20. The lowest BCUT2D eigenvalue weighted by Crippen LogP contribution is -2.37. The Morgan fingerprint density at radius 1 is 1.35 bits per heavy atom. The molecule has 1 unspecified atom stereocenters. The molecule has 0 saturated heterocycles. The van der Waals surface area contributed by atoms with Crippen LogP contribution < -0.4 is 5.32 Å². The number of nitrogens with zero attached hydrogens (tertiary/aromatic N) is 1. The van der Waals surface area contributed by atoms with Crippen LogP contribution in [0.1, 0.15) is 25.2 Å².